The molecule has 2 aromatic rings. The van der Waals surface area contributed by atoms with Gasteiger partial charge in [-0.25, -0.2) is 9.97 Å². The molecule has 1 aromatic carbocycles. The first-order chi connectivity index (χ1) is 9.61. The van der Waals surface area contributed by atoms with E-state index in [4.69, 9.17) is 4.74 Å². The van der Waals surface area contributed by atoms with Gasteiger partial charge in [0.25, 0.3) is 0 Å². The zero-order chi connectivity index (χ0) is 14.5. The van der Waals surface area contributed by atoms with E-state index in [0.29, 0.717) is 5.88 Å². The van der Waals surface area contributed by atoms with Gasteiger partial charge in [0.05, 0.1) is 5.56 Å². The fraction of sp³-hybridized carbons (Fsp3) is 0.333. The first-order valence-corrected chi connectivity index (χ1v) is 7.40. The number of rotatable bonds is 5. The number of ether oxygens (including phenoxy) is 1. The summed E-state index contributed by atoms with van der Waals surface area (Å²) in [5.41, 5.74) is 1.98. The summed E-state index contributed by atoms with van der Waals surface area (Å²) in [6.45, 7) is 6.97. The van der Waals surface area contributed by atoms with Crippen LogP contribution in [0.3, 0.4) is 0 Å². The van der Waals surface area contributed by atoms with Gasteiger partial charge < -0.3 is 10.1 Å². The maximum atomic E-state index is 5.90. The third-order valence-electron chi connectivity index (χ3n) is 2.92. The molecule has 4 nitrogen and oxygen atoms in total. The smallest absolute Gasteiger partial charge is 0.227 e. The molecule has 20 heavy (non-hydrogen) atoms. The Bertz CT molecular complexity index is 602. The van der Waals surface area contributed by atoms with Crippen molar-refractivity contribution >= 4 is 21.7 Å². The van der Waals surface area contributed by atoms with Crippen LogP contribution in [0.25, 0.3) is 0 Å². The Hall–Kier alpha value is -1.62. The maximum Gasteiger partial charge on any atom is 0.227 e. The second kappa shape index (κ2) is 6.70. The lowest BCUT2D eigenvalue weighted by molar-refractivity contribution is 0.454. The van der Waals surface area contributed by atoms with Crippen molar-refractivity contribution in [2.75, 3.05) is 11.9 Å². The molecule has 0 atom stereocenters. The van der Waals surface area contributed by atoms with Crippen LogP contribution in [-0.4, -0.2) is 16.5 Å². The number of aromatic nitrogens is 2. The van der Waals surface area contributed by atoms with E-state index in [1.54, 1.807) is 0 Å². The van der Waals surface area contributed by atoms with E-state index in [2.05, 4.69) is 38.1 Å². The van der Waals surface area contributed by atoms with Gasteiger partial charge in [0, 0.05) is 11.0 Å². The second-order valence-electron chi connectivity index (χ2n) is 4.59. The molecule has 0 unspecified atom stereocenters. The Morgan fingerprint density at radius 1 is 1.25 bits per heavy atom. The van der Waals surface area contributed by atoms with Gasteiger partial charge in [-0.2, -0.15) is 0 Å². The van der Waals surface area contributed by atoms with E-state index >= 15 is 0 Å². The van der Waals surface area contributed by atoms with E-state index in [-0.39, 0.29) is 0 Å². The van der Waals surface area contributed by atoms with Crippen LogP contribution in [0.1, 0.15) is 24.5 Å². The highest BCUT2D eigenvalue weighted by Crippen LogP contribution is 2.29. The number of hydrogen-bond acceptors (Lipinski definition) is 4. The Morgan fingerprint density at radius 2 is 2.05 bits per heavy atom. The van der Waals surface area contributed by atoms with Gasteiger partial charge in [0.2, 0.25) is 5.88 Å². The molecule has 0 fully saturated rings. The van der Waals surface area contributed by atoms with Crippen LogP contribution in [0.4, 0.5) is 5.82 Å². The van der Waals surface area contributed by atoms with Crippen LogP contribution >= 0.6 is 15.9 Å². The standard InChI is InChI=1S/C15H18BrN3O/c1-4-7-17-14-11(3)15(19-9-18-14)20-13-6-5-12(16)8-10(13)2/h5-6,8-9H,4,7H2,1-3H3,(H,17,18,19). The number of aryl methyl sites for hydroxylation is 1. The van der Waals surface area contributed by atoms with Gasteiger partial charge in [-0.05, 0) is 44.0 Å². The quantitative estimate of drug-likeness (QED) is 0.875. The molecule has 2 rings (SSSR count). The molecule has 0 aliphatic rings. The maximum absolute atomic E-state index is 5.90. The third-order valence-corrected chi connectivity index (χ3v) is 3.42. The Balaban J connectivity index is 2.24. The first-order valence-electron chi connectivity index (χ1n) is 6.61. The van der Waals surface area contributed by atoms with Crippen LogP contribution < -0.4 is 10.1 Å². The summed E-state index contributed by atoms with van der Waals surface area (Å²) in [4.78, 5) is 8.47. The van der Waals surface area contributed by atoms with Gasteiger partial charge in [-0.15, -0.1) is 0 Å². The molecule has 0 aliphatic carbocycles. The molecule has 1 aromatic heterocycles. The molecule has 0 bridgehead atoms. The molecule has 106 valence electrons. The molecule has 0 saturated carbocycles. The van der Waals surface area contributed by atoms with E-state index < -0.39 is 0 Å². The summed E-state index contributed by atoms with van der Waals surface area (Å²) in [5.74, 6) is 2.21. The second-order valence-corrected chi connectivity index (χ2v) is 5.51. The molecular weight excluding hydrogens is 318 g/mol. The van der Waals surface area contributed by atoms with Crippen molar-refractivity contribution in [3.05, 3.63) is 40.1 Å². The zero-order valence-electron chi connectivity index (χ0n) is 11.9. The van der Waals surface area contributed by atoms with Gasteiger partial charge >= 0.3 is 0 Å². The average Bonchev–Trinajstić information content (AvgIpc) is 2.42. The van der Waals surface area contributed by atoms with Crippen molar-refractivity contribution in [1.29, 1.82) is 0 Å². The van der Waals surface area contributed by atoms with Crippen molar-refractivity contribution in [1.82, 2.24) is 9.97 Å². The van der Waals surface area contributed by atoms with Crippen LogP contribution in [0.15, 0.2) is 29.0 Å². The summed E-state index contributed by atoms with van der Waals surface area (Å²) in [5, 5.41) is 3.27. The van der Waals surface area contributed by atoms with Crippen molar-refractivity contribution in [2.45, 2.75) is 27.2 Å². The molecule has 0 saturated heterocycles. The van der Waals surface area contributed by atoms with Crippen LogP contribution in [0.2, 0.25) is 0 Å². The van der Waals surface area contributed by atoms with Crippen molar-refractivity contribution < 1.29 is 4.74 Å². The minimum Gasteiger partial charge on any atom is -0.438 e. The van der Waals surface area contributed by atoms with E-state index in [1.807, 2.05) is 32.0 Å². The Labute approximate surface area is 127 Å². The van der Waals surface area contributed by atoms with E-state index in [1.165, 1.54) is 6.33 Å². The predicted octanol–water partition coefficient (Wildman–Crippen LogP) is 4.47. The Kier molecular flexibility index (Phi) is 4.95. The fourth-order valence-corrected chi connectivity index (χ4v) is 2.27. The lowest BCUT2D eigenvalue weighted by Crippen LogP contribution is -2.05. The summed E-state index contributed by atoms with van der Waals surface area (Å²) >= 11 is 3.45. The fourth-order valence-electron chi connectivity index (χ4n) is 1.79. The van der Waals surface area contributed by atoms with Crippen molar-refractivity contribution in [3.63, 3.8) is 0 Å². The van der Waals surface area contributed by atoms with Crippen LogP contribution in [0, 0.1) is 13.8 Å². The van der Waals surface area contributed by atoms with Crippen LogP contribution in [0.5, 0.6) is 11.6 Å². The third kappa shape index (κ3) is 3.48. The molecule has 5 heteroatoms. The summed E-state index contributed by atoms with van der Waals surface area (Å²) in [6.07, 6.45) is 2.57. The van der Waals surface area contributed by atoms with E-state index in [9.17, 15) is 0 Å². The topological polar surface area (TPSA) is 47.0 Å². The summed E-state index contributed by atoms with van der Waals surface area (Å²) in [7, 11) is 0. The number of anilines is 1. The average molecular weight is 336 g/mol. The van der Waals surface area contributed by atoms with Gasteiger partial charge in [0.15, 0.2) is 0 Å². The molecule has 0 amide bonds. The highest BCUT2D eigenvalue weighted by Gasteiger charge is 2.10. The lowest BCUT2D eigenvalue weighted by atomic mass is 10.2. The molecule has 0 radical (unpaired) electrons. The number of benzene rings is 1. The van der Waals surface area contributed by atoms with Crippen molar-refractivity contribution in [3.8, 4) is 11.6 Å². The summed E-state index contributed by atoms with van der Waals surface area (Å²) in [6, 6.07) is 5.90. The van der Waals surface area contributed by atoms with E-state index in [0.717, 1.165) is 40.1 Å². The Morgan fingerprint density at radius 3 is 2.75 bits per heavy atom. The normalized spacial score (nSPS) is 10.4. The minimum atomic E-state index is 0.587. The highest BCUT2D eigenvalue weighted by molar-refractivity contribution is 9.10. The number of halogens is 1. The number of nitrogens with one attached hydrogen (secondary N) is 1. The van der Waals surface area contributed by atoms with Gasteiger partial charge in [0.1, 0.15) is 17.9 Å². The van der Waals surface area contributed by atoms with Gasteiger partial charge in [-0.1, -0.05) is 22.9 Å². The molecular formula is C15H18BrN3O. The highest BCUT2D eigenvalue weighted by atomic mass is 79.9. The molecule has 1 N–H and O–H groups in total. The van der Waals surface area contributed by atoms with Gasteiger partial charge in [-0.3, -0.25) is 0 Å². The number of hydrogen-bond donors (Lipinski definition) is 1. The predicted molar refractivity (Wildman–Crippen MR) is 84.5 cm³/mol. The lowest BCUT2D eigenvalue weighted by Gasteiger charge is -2.13. The van der Waals surface area contributed by atoms with Crippen LogP contribution in [-0.2, 0) is 0 Å². The first kappa shape index (κ1) is 14.8. The number of nitrogens with zero attached hydrogens (tertiary/aromatic N) is 2. The monoisotopic (exact) mass is 335 g/mol. The van der Waals surface area contributed by atoms with Crippen molar-refractivity contribution in [2.24, 2.45) is 0 Å². The zero-order valence-corrected chi connectivity index (χ0v) is 13.5. The molecule has 1 heterocycles. The largest absolute Gasteiger partial charge is 0.438 e. The minimum absolute atomic E-state index is 0.587. The SMILES string of the molecule is CCCNc1ncnc(Oc2ccc(Br)cc2C)c1C. The summed E-state index contributed by atoms with van der Waals surface area (Å²) < 4.78 is 6.94. The molecule has 0 aliphatic heterocycles. The molecule has 0 spiro atoms.